The number of pyridine rings is 1. The number of likely N-dealkylation sites (N-methyl/N-ethyl adjacent to an activating group) is 1. The first kappa shape index (κ1) is 22.4. The van der Waals surface area contributed by atoms with E-state index < -0.39 is 0 Å². The number of halogens is 1. The Morgan fingerprint density at radius 1 is 1.19 bits per heavy atom. The molecule has 0 aliphatic carbocycles. The van der Waals surface area contributed by atoms with Crippen LogP contribution in [0.15, 0.2) is 40.6 Å². The number of nitrogens with zero attached hydrogens (tertiary/aromatic N) is 4. The predicted octanol–water partition coefficient (Wildman–Crippen LogP) is 3.25. The SMILES string of the molecule is Cc1cc(CCN2CCN(C)C(=O)C2)cc2c(=O)[nH]c(-c3cc4ccsc4cn3)nc12.Cl. The topological polar surface area (TPSA) is 82.2 Å². The third-order valence-electron chi connectivity index (χ3n) is 5.90. The molecule has 1 aromatic carbocycles. The summed E-state index contributed by atoms with van der Waals surface area (Å²) >= 11 is 1.64. The molecule has 32 heavy (non-hydrogen) atoms. The molecule has 1 aliphatic rings. The highest BCUT2D eigenvalue weighted by Gasteiger charge is 2.20. The van der Waals surface area contributed by atoms with Crippen molar-refractivity contribution >= 4 is 50.6 Å². The number of carbonyl (C=O) groups excluding carboxylic acids is 1. The molecule has 3 aromatic heterocycles. The van der Waals surface area contributed by atoms with Crippen LogP contribution in [-0.2, 0) is 11.2 Å². The molecule has 9 heteroatoms. The fourth-order valence-electron chi connectivity index (χ4n) is 4.04. The lowest BCUT2D eigenvalue weighted by atomic mass is 10.0. The van der Waals surface area contributed by atoms with Gasteiger partial charge < -0.3 is 9.88 Å². The lowest BCUT2D eigenvalue weighted by Gasteiger charge is -2.31. The van der Waals surface area contributed by atoms with Crippen molar-refractivity contribution in [2.75, 3.05) is 33.2 Å². The summed E-state index contributed by atoms with van der Waals surface area (Å²) in [6.07, 6.45) is 2.60. The average Bonchev–Trinajstić information content (AvgIpc) is 3.23. The lowest BCUT2D eigenvalue weighted by Crippen LogP contribution is -2.48. The molecule has 166 valence electrons. The molecule has 0 spiro atoms. The first-order chi connectivity index (χ1) is 15.0. The number of piperazine rings is 1. The van der Waals surface area contributed by atoms with Gasteiger partial charge in [-0.1, -0.05) is 6.07 Å². The Kier molecular flexibility index (Phi) is 6.28. The van der Waals surface area contributed by atoms with Crippen molar-refractivity contribution in [1.82, 2.24) is 24.8 Å². The van der Waals surface area contributed by atoms with Crippen molar-refractivity contribution < 1.29 is 4.79 Å². The maximum Gasteiger partial charge on any atom is 0.259 e. The van der Waals surface area contributed by atoms with E-state index in [2.05, 4.69) is 20.9 Å². The van der Waals surface area contributed by atoms with Crippen LogP contribution in [0, 0.1) is 6.92 Å². The Morgan fingerprint density at radius 3 is 2.84 bits per heavy atom. The van der Waals surface area contributed by atoms with Crippen LogP contribution < -0.4 is 5.56 Å². The minimum atomic E-state index is -0.160. The highest BCUT2D eigenvalue weighted by Crippen LogP contribution is 2.25. The first-order valence-electron chi connectivity index (χ1n) is 10.3. The van der Waals surface area contributed by atoms with Gasteiger partial charge in [0.2, 0.25) is 5.91 Å². The number of fused-ring (bicyclic) bond motifs is 2. The molecule has 4 heterocycles. The van der Waals surface area contributed by atoms with Gasteiger partial charge in [0.25, 0.3) is 5.56 Å². The summed E-state index contributed by atoms with van der Waals surface area (Å²) in [6.45, 7) is 4.86. The van der Waals surface area contributed by atoms with Crippen LogP contribution in [0.4, 0.5) is 0 Å². The van der Waals surface area contributed by atoms with Crippen molar-refractivity contribution in [2.45, 2.75) is 13.3 Å². The molecule has 0 unspecified atom stereocenters. The smallest absolute Gasteiger partial charge is 0.259 e. The third kappa shape index (κ3) is 4.26. The van der Waals surface area contributed by atoms with E-state index >= 15 is 0 Å². The molecular weight excluding hydrogens is 446 g/mol. The fourth-order valence-corrected chi connectivity index (χ4v) is 4.78. The van der Waals surface area contributed by atoms with Crippen LogP contribution in [-0.4, -0.2) is 63.9 Å². The summed E-state index contributed by atoms with van der Waals surface area (Å²) in [4.78, 5) is 40.9. The number of aryl methyl sites for hydroxylation is 1. The molecule has 1 fully saturated rings. The highest BCUT2D eigenvalue weighted by molar-refractivity contribution is 7.17. The Hall–Kier alpha value is -2.81. The largest absolute Gasteiger partial charge is 0.343 e. The van der Waals surface area contributed by atoms with Crippen molar-refractivity contribution in [2.24, 2.45) is 0 Å². The van der Waals surface area contributed by atoms with E-state index in [-0.39, 0.29) is 23.9 Å². The second kappa shape index (κ2) is 8.97. The number of H-pyrrole nitrogens is 1. The zero-order chi connectivity index (χ0) is 21.5. The number of aromatic amines is 1. The van der Waals surface area contributed by atoms with Crippen molar-refractivity contribution in [1.29, 1.82) is 0 Å². The Balaban J connectivity index is 0.00000245. The predicted molar refractivity (Wildman–Crippen MR) is 131 cm³/mol. The molecular formula is C23H24ClN5O2S. The summed E-state index contributed by atoms with van der Waals surface area (Å²) in [5.74, 6) is 0.640. The van der Waals surface area contributed by atoms with Crippen LogP contribution in [0.5, 0.6) is 0 Å². The molecule has 7 nitrogen and oxygen atoms in total. The third-order valence-corrected chi connectivity index (χ3v) is 6.76. The molecule has 1 aliphatic heterocycles. The number of carbonyl (C=O) groups is 1. The van der Waals surface area contributed by atoms with Gasteiger partial charge >= 0.3 is 0 Å². The van der Waals surface area contributed by atoms with E-state index in [0.29, 0.717) is 29.0 Å². The van der Waals surface area contributed by atoms with E-state index in [1.54, 1.807) is 16.2 Å². The highest BCUT2D eigenvalue weighted by atomic mass is 35.5. The number of hydrogen-bond donors (Lipinski definition) is 1. The molecule has 0 radical (unpaired) electrons. The number of thiophene rings is 1. The van der Waals surface area contributed by atoms with E-state index in [0.717, 1.165) is 47.3 Å². The summed E-state index contributed by atoms with van der Waals surface area (Å²) in [7, 11) is 1.84. The summed E-state index contributed by atoms with van der Waals surface area (Å²) in [5.41, 5.74) is 3.24. The van der Waals surface area contributed by atoms with Gasteiger partial charge in [-0.25, -0.2) is 4.98 Å². The van der Waals surface area contributed by atoms with Crippen LogP contribution in [0.25, 0.3) is 32.5 Å². The zero-order valence-electron chi connectivity index (χ0n) is 17.9. The second-order valence-electron chi connectivity index (χ2n) is 8.09. The maximum atomic E-state index is 12.9. The van der Waals surface area contributed by atoms with Gasteiger partial charge in [-0.2, -0.15) is 0 Å². The molecule has 1 amide bonds. The number of aromatic nitrogens is 3. The van der Waals surface area contributed by atoms with Crippen molar-refractivity contribution in [3.05, 3.63) is 57.3 Å². The maximum absolute atomic E-state index is 12.9. The minimum absolute atomic E-state index is 0. The van der Waals surface area contributed by atoms with E-state index in [4.69, 9.17) is 4.98 Å². The standard InChI is InChI=1S/C23H23N5O2S.ClH/c1-14-9-15(3-5-28-7-6-27(2)20(29)13-28)10-17-21(14)25-22(26-23(17)30)18-11-16-4-8-31-19(16)12-24-18;/h4,8-12H,3,5-7,13H2,1-2H3,(H,25,26,30);1H. The quantitative estimate of drug-likeness (QED) is 0.496. The second-order valence-corrected chi connectivity index (χ2v) is 9.04. The van der Waals surface area contributed by atoms with Crippen molar-refractivity contribution in [3.63, 3.8) is 0 Å². The minimum Gasteiger partial charge on any atom is -0.343 e. The van der Waals surface area contributed by atoms with E-state index in [1.807, 2.05) is 43.7 Å². The Morgan fingerprint density at radius 2 is 2.03 bits per heavy atom. The summed E-state index contributed by atoms with van der Waals surface area (Å²) in [6, 6.07) is 8.00. The van der Waals surface area contributed by atoms with Gasteiger partial charge in [0.05, 0.1) is 22.1 Å². The van der Waals surface area contributed by atoms with Crippen LogP contribution >= 0.6 is 23.7 Å². The summed E-state index contributed by atoms with van der Waals surface area (Å²) < 4.78 is 1.11. The Labute approximate surface area is 195 Å². The van der Waals surface area contributed by atoms with Crippen LogP contribution in [0.2, 0.25) is 0 Å². The van der Waals surface area contributed by atoms with Crippen LogP contribution in [0.1, 0.15) is 11.1 Å². The Bertz CT molecular complexity index is 1370. The zero-order valence-corrected chi connectivity index (χ0v) is 19.6. The van der Waals surface area contributed by atoms with Gasteiger partial charge in [-0.05, 0) is 53.4 Å². The first-order valence-corrected chi connectivity index (χ1v) is 11.2. The van der Waals surface area contributed by atoms with Gasteiger partial charge in [-0.3, -0.25) is 19.5 Å². The molecule has 5 rings (SSSR count). The average molecular weight is 470 g/mol. The van der Waals surface area contributed by atoms with Gasteiger partial charge in [0.1, 0.15) is 5.69 Å². The monoisotopic (exact) mass is 469 g/mol. The molecule has 0 atom stereocenters. The summed E-state index contributed by atoms with van der Waals surface area (Å²) in [5, 5.41) is 3.70. The number of rotatable bonds is 4. The number of amides is 1. The molecule has 1 saturated heterocycles. The van der Waals surface area contributed by atoms with E-state index in [9.17, 15) is 9.59 Å². The fraction of sp³-hybridized carbons (Fsp3) is 0.304. The van der Waals surface area contributed by atoms with E-state index in [1.165, 1.54) is 0 Å². The van der Waals surface area contributed by atoms with Crippen LogP contribution in [0.3, 0.4) is 0 Å². The van der Waals surface area contributed by atoms with Gasteiger partial charge in [0, 0.05) is 32.9 Å². The van der Waals surface area contributed by atoms with Gasteiger partial charge in [-0.15, -0.1) is 23.7 Å². The lowest BCUT2D eigenvalue weighted by molar-refractivity contribution is -0.134. The molecule has 0 saturated carbocycles. The normalized spacial score (nSPS) is 14.8. The molecule has 1 N–H and O–H groups in total. The van der Waals surface area contributed by atoms with Crippen molar-refractivity contribution in [3.8, 4) is 11.5 Å². The number of hydrogen-bond acceptors (Lipinski definition) is 6. The molecule has 0 bridgehead atoms. The number of nitrogens with one attached hydrogen (secondary N) is 1. The van der Waals surface area contributed by atoms with Gasteiger partial charge in [0.15, 0.2) is 5.82 Å². The molecule has 4 aromatic rings. The number of benzene rings is 1.